The summed E-state index contributed by atoms with van der Waals surface area (Å²) in [5, 5.41) is 19.1. The molecule has 1 aliphatic heterocycles. The van der Waals surface area contributed by atoms with E-state index in [0.29, 0.717) is 19.5 Å². The van der Waals surface area contributed by atoms with Crippen LogP contribution in [0.2, 0.25) is 0 Å². The number of β-amino-alcohol motifs (C(OH)–C–C–N with tert-alkyl or cyclic N) is 1. The maximum atomic E-state index is 13.2. The third-order valence-corrected chi connectivity index (χ3v) is 5.09. The number of aliphatic hydroxyl groups is 1. The minimum Gasteiger partial charge on any atom is -0.392 e. The molecular formula is C20H29N3O2. The van der Waals surface area contributed by atoms with Crippen LogP contribution in [0.25, 0.3) is 0 Å². The molecule has 5 heteroatoms. The number of rotatable bonds is 5. The van der Waals surface area contributed by atoms with Gasteiger partial charge in [-0.25, -0.2) is 0 Å². The summed E-state index contributed by atoms with van der Waals surface area (Å²) in [4.78, 5) is 16.9. The van der Waals surface area contributed by atoms with Gasteiger partial charge in [-0.1, -0.05) is 13.0 Å². The normalized spacial score (nSPS) is 22.2. The second-order valence-electron chi connectivity index (χ2n) is 7.25. The molecule has 1 aromatic carbocycles. The van der Waals surface area contributed by atoms with Crippen LogP contribution in [0.4, 0.5) is 5.69 Å². The van der Waals surface area contributed by atoms with Crippen molar-refractivity contribution < 1.29 is 9.90 Å². The van der Waals surface area contributed by atoms with E-state index in [1.54, 1.807) is 4.90 Å². The fourth-order valence-corrected chi connectivity index (χ4v) is 3.44. The summed E-state index contributed by atoms with van der Waals surface area (Å²) in [6.07, 6.45) is 0.795. The second kappa shape index (κ2) is 8.46. The molecule has 1 aromatic rings. The number of hydrogen-bond acceptors (Lipinski definition) is 4. The Morgan fingerprint density at radius 2 is 2.04 bits per heavy atom. The number of aliphatic hydroxyl groups excluding tert-OH is 1. The van der Waals surface area contributed by atoms with Crippen LogP contribution >= 0.6 is 0 Å². The summed E-state index contributed by atoms with van der Waals surface area (Å²) in [5.41, 5.74) is 3.04. The Bertz CT molecular complexity index is 633. The third kappa shape index (κ3) is 4.81. The molecule has 1 saturated heterocycles. The highest BCUT2D eigenvalue weighted by Crippen LogP contribution is 2.23. The van der Waals surface area contributed by atoms with Gasteiger partial charge in [0.15, 0.2) is 0 Å². The summed E-state index contributed by atoms with van der Waals surface area (Å²) in [6.45, 7) is 9.67. The number of likely N-dealkylation sites (tertiary alicyclic amines) is 1. The summed E-state index contributed by atoms with van der Waals surface area (Å²) >= 11 is 0. The number of carbonyl (C=O) groups excluding carboxylic acids is 1. The van der Waals surface area contributed by atoms with Crippen molar-refractivity contribution in [3.63, 3.8) is 0 Å². The van der Waals surface area contributed by atoms with Gasteiger partial charge in [0, 0.05) is 18.8 Å². The molecule has 1 heterocycles. The first kappa shape index (κ1) is 19.4. The van der Waals surface area contributed by atoms with Gasteiger partial charge in [0.05, 0.1) is 24.6 Å². The molecule has 1 aliphatic rings. The van der Waals surface area contributed by atoms with E-state index >= 15 is 0 Å². The van der Waals surface area contributed by atoms with Crippen molar-refractivity contribution in [3.05, 3.63) is 29.3 Å². The number of piperidine rings is 1. The summed E-state index contributed by atoms with van der Waals surface area (Å²) in [5.74, 6) is 0.259. The Morgan fingerprint density at radius 3 is 2.60 bits per heavy atom. The van der Waals surface area contributed by atoms with Crippen LogP contribution in [0.1, 0.15) is 37.8 Å². The Labute approximate surface area is 150 Å². The molecule has 1 fully saturated rings. The van der Waals surface area contributed by atoms with Gasteiger partial charge >= 0.3 is 0 Å². The summed E-state index contributed by atoms with van der Waals surface area (Å²) in [7, 11) is 0. The molecule has 0 saturated carbocycles. The highest BCUT2D eigenvalue weighted by molar-refractivity contribution is 5.97. The van der Waals surface area contributed by atoms with Gasteiger partial charge in [0.1, 0.15) is 0 Å². The van der Waals surface area contributed by atoms with Crippen LogP contribution in [0, 0.1) is 31.1 Å². The van der Waals surface area contributed by atoms with E-state index in [2.05, 4.69) is 17.0 Å². The molecule has 136 valence electrons. The quantitative estimate of drug-likeness (QED) is 0.892. The van der Waals surface area contributed by atoms with Gasteiger partial charge in [-0.3, -0.25) is 9.69 Å². The number of carbonyl (C=O) groups is 1. The van der Waals surface area contributed by atoms with Gasteiger partial charge < -0.3 is 10.0 Å². The van der Waals surface area contributed by atoms with E-state index in [1.165, 1.54) is 0 Å². The number of hydrogen-bond donors (Lipinski definition) is 1. The van der Waals surface area contributed by atoms with Crippen molar-refractivity contribution in [2.75, 3.05) is 24.5 Å². The number of anilines is 1. The first-order valence-corrected chi connectivity index (χ1v) is 9.02. The maximum Gasteiger partial charge on any atom is 0.244 e. The van der Waals surface area contributed by atoms with Crippen molar-refractivity contribution >= 4 is 11.6 Å². The SMILES string of the molecule is Cc1cc(C)cc(N(CCC#N)C(=O)C(C)N2CCC(C)C(O)C2)c1. The lowest BCUT2D eigenvalue weighted by atomic mass is 9.95. The van der Waals surface area contributed by atoms with Crippen LogP contribution in [-0.2, 0) is 4.79 Å². The lowest BCUT2D eigenvalue weighted by Gasteiger charge is -2.39. The molecule has 2 rings (SSSR count). The molecule has 0 radical (unpaired) electrons. The molecule has 3 unspecified atom stereocenters. The van der Waals surface area contributed by atoms with Crippen LogP contribution < -0.4 is 4.90 Å². The Balaban J connectivity index is 2.21. The molecule has 0 bridgehead atoms. The predicted molar refractivity (Wildman–Crippen MR) is 99.3 cm³/mol. The van der Waals surface area contributed by atoms with E-state index in [4.69, 9.17) is 5.26 Å². The van der Waals surface area contributed by atoms with Crippen molar-refractivity contribution in [2.45, 2.75) is 52.7 Å². The number of benzene rings is 1. The third-order valence-electron chi connectivity index (χ3n) is 5.09. The van der Waals surface area contributed by atoms with Gasteiger partial charge in [-0.2, -0.15) is 5.26 Å². The van der Waals surface area contributed by atoms with E-state index in [1.807, 2.05) is 39.8 Å². The predicted octanol–water partition coefficient (Wildman–Crippen LogP) is 2.64. The molecule has 1 N–H and O–H groups in total. The minimum atomic E-state index is -0.391. The van der Waals surface area contributed by atoms with Crippen molar-refractivity contribution in [1.29, 1.82) is 5.26 Å². The Morgan fingerprint density at radius 1 is 1.40 bits per heavy atom. The van der Waals surface area contributed by atoms with Gasteiger partial charge in [0.2, 0.25) is 5.91 Å². The van der Waals surface area contributed by atoms with E-state index in [-0.39, 0.29) is 17.9 Å². The molecule has 1 amide bonds. The average molecular weight is 343 g/mol. The van der Waals surface area contributed by atoms with Crippen molar-refractivity contribution in [3.8, 4) is 6.07 Å². The summed E-state index contributed by atoms with van der Waals surface area (Å²) < 4.78 is 0. The first-order valence-electron chi connectivity index (χ1n) is 9.02. The first-order chi connectivity index (χ1) is 11.8. The van der Waals surface area contributed by atoms with Crippen molar-refractivity contribution in [1.82, 2.24) is 4.90 Å². The van der Waals surface area contributed by atoms with Gasteiger partial charge in [-0.05, 0) is 62.9 Å². The van der Waals surface area contributed by atoms with Crippen LogP contribution in [0.3, 0.4) is 0 Å². The van der Waals surface area contributed by atoms with E-state index < -0.39 is 6.10 Å². The number of nitriles is 1. The second-order valence-corrected chi connectivity index (χ2v) is 7.25. The Kier molecular flexibility index (Phi) is 6.57. The molecule has 0 aliphatic carbocycles. The largest absolute Gasteiger partial charge is 0.392 e. The van der Waals surface area contributed by atoms with Crippen LogP contribution in [-0.4, -0.2) is 47.7 Å². The molecule has 0 spiro atoms. The molecule has 0 aromatic heterocycles. The maximum absolute atomic E-state index is 13.2. The van der Waals surface area contributed by atoms with Crippen LogP contribution in [0.5, 0.6) is 0 Å². The zero-order valence-corrected chi connectivity index (χ0v) is 15.7. The minimum absolute atomic E-state index is 0.0120. The standard InChI is InChI=1S/C20H29N3O2/c1-14-10-15(2)12-18(11-14)23(8-5-7-21)20(25)17(4)22-9-6-16(3)19(24)13-22/h10-12,16-17,19,24H,5-6,8-9,13H2,1-4H3. The van der Waals surface area contributed by atoms with Crippen LogP contribution in [0.15, 0.2) is 18.2 Å². The lowest BCUT2D eigenvalue weighted by molar-refractivity contribution is -0.124. The molecule has 3 atom stereocenters. The topological polar surface area (TPSA) is 67.6 Å². The van der Waals surface area contributed by atoms with Gasteiger partial charge in [-0.15, -0.1) is 0 Å². The zero-order valence-electron chi connectivity index (χ0n) is 15.7. The van der Waals surface area contributed by atoms with E-state index in [9.17, 15) is 9.90 Å². The van der Waals surface area contributed by atoms with E-state index in [0.717, 1.165) is 29.8 Å². The van der Waals surface area contributed by atoms with Gasteiger partial charge in [0.25, 0.3) is 0 Å². The molecule has 25 heavy (non-hydrogen) atoms. The zero-order chi connectivity index (χ0) is 18.6. The Hall–Kier alpha value is -1.90. The fraction of sp³-hybridized carbons (Fsp3) is 0.600. The lowest BCUT2D eigenvalue weighted by Crippen LogP contribution is -2.53. The number of nitrogens with zero attached hydrogens (tertiary/aromatic N) is 3. The molecular weight excluding hydrogens is 314 g/mol. The fourth-order valence-electron chi connectivity index (χ4n) is 3.44. The summed E-state index contributed by atoms with van der Waals surface area (Å²) in [6, 6.07) is 7.87. The highest BCUT2D eigenvalue weighted by atomic mass is 16.3. The smallest absolute Gasteiger partial charge is 0.244 e. The molecule has 5 nitrogen and oxygen atoms in total. The monoisotopic (exact) mass is 343 g/mol. The number of aryl methyl sites for hydroxylation is 2. The highest BCUT2D eigenvalue weighted by Gasteiger charge is 2.32. The number of amides is 1. The van der Waals surface area contributed by atoms with Crippen molar-refractivity contribution in [2.24, 2.45) is 5.92 Å². The average Bonchev–Trinajstić information content (AvgIpc) is 2.56.